The number of hydrogen-bond acceptors (Lipinski definition) is 1. The first-order valence-electron chi connectivity index (χ1n) is 5.36. The summed E-state index contributed by atoms with van der Waals surface area (Å²) in [4.78, 5) is 11.2. The third kappa shape index (κ3) is 2.32. The lowest BCUT2D eigenvalue weighted by Crippen LogP contribution is -2.14. The molecule has 2 N–H and O–H groups in total. The number of benzene rings is 2. The second kappa shape index (κ2) is 5.12. The highest BCUT2D eigenvalue weighted by Crippen LogP contribution is 2.33. The Bertz CT molecular complexity index is 730. The molecule has 2 aromatic rings. The average molecular weight is 305 g/mol. The van der Waals surface area contributed by atoms with Gasteiger partial charge in [0.15, 0.2) is 23.3 Å². The Hall–Kier alpha value is -2.51. The highest BCUT2D eigenvalue weighted by molar-refractivity contribution is 6.00. The van der Waals surface area contributed by atoms with Gasteiger partial charge in [0.1, 0.15) is 5.82 Å². The standard InChI is InChI=1S/C13H5F6NO/c14-4-1-2-5(13(20)21)6(3-4)7-8(15)10(17)12(19)11(18)9(7)16/h1-3H,(H2,20,21). The van der Waals surface area contributed by atoms with E-state index in [0.29, 0.717) is 6.07 Å². The lowest BCUT2D eigenvalue weighted by Gasteiger charge is -2.11. The Balaban J connectivity index is 2.92. The molecular weight excluding hydrogens is 300 g/mol. The number of halogens is 6. The van der Waals surface area contributed by atoms with Gasteiger partial charge in [-0.2, -0.15) is 0 Å². The van der Waals surface area contributed by atoms with Gasteiger partial charge in [0.25, 0.3) is 0 Å². The van der Waals surface area contributed by atoms with Gasteiger partial charge >= 0.3 is 0 Å². The van der Waals surface area contributed by atoms with Crippen molar-refractivity contribution in [3.63, 3.8) is 0 Å². The predicted molar refractivity (Wildman–Crippen MR) is 60.1 cm³/mol. The Morgan fingerprint density at radius 2 is 1.29 bits per heavy atom. The molecule has 0 atom stereocenters. The predicted octanol–water partition coefficient (Wildman–Crippen LogP) is 3.29. The summed E-state index contributed by atoms with van der Waals surface area (Å²) in [5, 5.41) is 0. The van der Waals surface area contributed by atoms with Gasteiger partial charge in [0.2, 0.25) is 11.7 Å². The Morgan fingerprint density at radius 1 is 0.810 bits per heavy atom. The van der Waals surface area contributed by atoms with E-state index in [2.05, 4.69) is 0 Å². The fourth-order valence-corrected chi connectivity index (χ4v) is 1.78. The summed E-state index contributed by atoms with van der Waals surface area (Å²) in [5.41, 5.74) is 2.12. The van der Waals surface area contributed by atoms with Gasteiger partial charge in [0, 0.05) is 11.1 Å². The van der Waals surface area contributed by atoms with Crippen LogP contribution in [-0.4, -0.2) is 5.91 Å². The van der Waals surface area contributed by atoms with Gasteiger partial charge in [-0.15, -0.1) is 0 Å². The number of rotatable bonds is 2. The third-order valence-electron chi connectivity index (χ3n) is 2.73. The number of carbonyl (C=O) groups is 1. The topological polar surface area (TPSA) is 43.1 Å². The smallest absolute Gasteiger partial charge is 0.249 e. The van der Waals surface area contributed by atoms with E-state index in [4.69, 9.17) is 5.73 Å². The number of nitrogens with two attached hydrogens (primary N) is 1. The quantitative estimate of drug-likeness (QED) is 0.516. The SMILES string of the molecule is NC(=O)c1ccc(F)cc1-c1c(F)c(F)c(F)c(F)c1F. The molecule has 8 heteroatoms. The monoisotopic (exact) mass is 305 g/mol. The van der Waals surface area contributed by atoms with Crippen LogP contribution < -0.4 is 5.73 Å². The molecule has 21 heavy (non-hydrogen) atoms. The normalized spacial score (nSPS) is 10.8. The van der Waals surface area contributed by atoms with Gasteiger partial charge in [-0.1, -0.05) is 0 Å². The van der Waals surface area contributed by atoms with Gasteiger partial charge < -0.3 is 5.73 Å². The van der Waals surface area contributed by atoms with Crippen molar-refractivity contribution >= 4 is 5.91 Å². The highest BCUT2D eigenvalue weighted by Gasteiger charge is 2.28. The van der Waals surface area contributed by atoms with Crippen LogP contribution in [-0.2, 0) is 0 Å². The molecule has 0 bridgehead atoms. The van der Waals surface area contributed by atoms with Crippen molar-refractivity contribution in [2.45, 2.75) is 0 Å². The summed E-state index contributed by atoms with van der Waals surface area (Å²) in [6.45, 7) is 0. The minimum absolute atomic E-state index is 0.457. The second-order valence-corrected chi connectivity index (χ2v) is 4.00. The first kappa shape index (κ1) is 14.9. The van der Waals surface area contributed by atoms with Gasteiger partial charge in [-0.25, -0.2) is 26.3 Å². The molecule has 2 rings (SSSR count). The van der Waals surface area contributed by atoms with E-state index in [1.54, 1.807) is 0 Å². The molecule has 110 valence electrons. The van der Waals surface area contributed by atoms with Crippen LogP contribution in [0.15, 0.2) is 18.2 Å². The van der Waals surface area contributed by atoms with Crippen molar-refractivity contribution in [3.8, 4) is 11.1 Å². The molecular formula is C13H5F6NO. The van der Waals surface area contributed by atoms with Crippen molar-refractivity contribution in [1.82, 2.24) is 0 Å². The van der Waals surface area contributed by atoms with Crippen LogP contribution in [0.2, 0.25) is 0 Å². The van der Waals surface area contributed by atoms with E-state index in [1.165, 1.54) is 0 Å². The molecule has 0 aliphatic carbocycles. The zero-order chi connectivity index (χ0) is 15.9. The van der Waals surface area contributed by atoms with Crippen LogP contribution in [0.4, 0.5) is 26.3 Å². The number of carbonyl (C=O) groups excluding carboxylic acids is 1. The molecule has 0 spiro atoms. The third-order valence-corrected chi connectivity index (χ3v) is 2.73. The summed E-state index contributed by atoms with van der Waals surface area (Å²) in [7, 11) is 0. The maximum atomic E-state index is 13.7. The van der Waals surface area contributed by atoms with Crippen molar-refractivity contribution in [2.75, 3.05) is 0 Å². The molecule has 1 amide bonds. The number of hydrogen-bond donors (Lipinski definition) is 1. The van der Waals surface area contributed by atoms with Crippen molar-refractivity contribution in [3.05, 3.63) is 58.7 Å². The minimum atomic E-state index is -2.36. The van der Waals surface area contributed by atoms with Crippen molar-refractivity contribution in [1.29, 1.82) is 0 Å². The lowest BCUT2D eigenvalue weighted by atomic mass is 9.97. The minimum Gasteiger partial charge on any atom is -0.366 e. The molecule has 0 aliphatic rings. The van der Waals surface area contributed by atoms with E-state index >= 15 is 0 Å². The molecule has 0 saturated carbocycles. The van der Waals surface area contributed by atoms with Gasteiger partial charge in [-0.3, -0.25) is 4.79 Å². The van der Waals surface area contributed by atoms with E-state index in [-0.39, 0.29) is 0 Å². The molecule has 0 saturated heterocycles. The van der Waals surface area contributed by atoms with Gasteiger partial charge in [-0.05, 0) is 18.2 Å². The van der Waals surface area contributed by atoms with E-state index in [9.17, 15) is 31.1 Å². The van der Waals surface area contributed by atoms with Crippen LogP contribution in [0, 0.1) is 34.9 Å². The van der Waals surface area contributed by atoms with Crippen LogP contribution in [0.1, 0.15) is 10.4 Å². The zero-order valence-electron chi connectivity index (χ0n) is 9.99. The molecule has 0 fully saturated rings. The number of primary amides is 1. The first-order valence-corrected chi connectivity index (χ1v) is 5.36. The lowest BCUT2D eigenvalue weighted by molar-refractivity contribution is 0.100. The first-order chi connectivity index (χ1) is 9.75. The molecule has 0 radical (unpaired) electrons. The molecule has 0 heterocycles. The van der Waals surface area contributed by atoms with E-state index in [1.807, 2.05) is 0 Å². The summed E-state index contributed by atoms with van der Waals surface area (Å²) in [6.07, 6.45) is 0. The Labute approximate surface area is 113 Å². The van der Waals surface area contributed by atoms with Crippen LogP contribution in [0.25, 0.3) is 11.1 Å². The van der Waals surface area contributed by atoms with Crippen molar-refractivity contribution < 1.29 is 31.1 Å². The van der Waals surface area contributed by atoms with Crippen molar-refractivity contribution in [2.24, 2.45) is 5.73 Å². The maximum Gasteiger partial charge on any atom is 0.249 e. The number of amides is 1. The Kier molecular flexibility index (Phi) is 3.63. The van der Waals surface area contributed by atoms with E-state index < -0.39 is 57.5 Å². The molecule has 2 nitrogen and oxygen atoms in total. The van der Waals surface area contributed by atoms with Crippen LogP contribution in [0.5, 0.6) is 0 Å². The summed E-state index contributed by atoms with van der Waals surface area (Å²) in [6, 6.07) is 2.00. The maximum absolute atomic E-state index is 13.7. The fraction of sp³-hybridized carbons (Fsp3) is 0. The summed E-state index contributed by atoms with van der Waals surface area (Å²) < 4.78 is 79.8. The molecule has 0 aliphatic heterocycles. The largest absolute Gasteiger partial charge is 0.366 e. The van der Waals surface area contributed by atoms with Crippen LogP contribution >= 0.6 is 0 Å². The Morgan fingerprint density at radius 3 is 1.76 bits per heavy atom. The van der Waals surface area contributed by atoms with Gasteiger partial charge in [0.05, 0.1) is 5.56 Å². The molecule has 0 aromatic heterocycles. The van der Waals surface area contributed by atoms with E-state index in [0.717, 1.165) is 12.1 Å². The highest BCUT2D eigenvalue weighted by atomic mass is 19.2. The van der Waals surface area contributed by atoms with Crippen LogP contribution in [0.3, 0.4) is 0 Å². The zero-order valence-corrected chi connectivity index (χ0v) is 9.99. The molecule has 0 unspecified atom stereocenters. The molecule has 2 aromatic carbocycles. The second-order valence-electron chi connectivity index (χ2n) is 4.00. The average Bonchev–Trinajstić information content (AvgIpc) is 2.43. The summed E-state index contributed by atoms with van der Waals surface area (Å²) >= 11 is 0. The fourth-order valence-electron chi connectivity index (χ4n) is 1.78. The summed E-state index contributed by atoms with van der Waals surface area (Å²) in [5.74, 6) is -13.4.